The quantitative estimate of drug-likeness (QED) is 0.0696. The third-order valence-corrected chi connectivity index (χ3v) is 14.7. The number of benzene rings is 3. The molecule has 3 aromatic carbocycles. The van der Waals surface area contributed by atoms with Crippen molar-refractivity contribution < 1.29 is 0 Å². The number of hydrogen-bond acceptors (Lipinski definition) is 7. The number of aromatic nitrogens is 2. The van der Waals surface area contributed by atoms with E-state index in [0.717, 1.165) is 95.2 Å². The summed E-state index contributed by atoms with van der Waals surface area (Å²) in [5.41, 5.74) is 20.1. The summed E-state index contributed by atoms with van der Waals surface area (Å²) in [5, 5.41) is 5.56. The molecular weight excluding hydrogens is 754 g/mol. The van der Waals surface area contributed by atoms with Crippen molar-refractivity contribution >= 4 is 62.9 Å². The Morgan fingerprint density at radius 1 is 0.931 bits per heavy atom. The summed E-state index contributed by atoms with van der Waals surface area (Å²) in [4.78, 5) is 14.3. The number of nitrogens with two attached hydrogens (primary N) is 1. The third-order valence-electron chi connectivity index (χ3n) is 13.6. The van der Waals surface area contributed by atoms with Gasteiger partial charge in [-0.15, -0.1) is 0 Å². The predicted molar refractivity (Wildman–Crippen MR) is 246 cm³/mol. The van der Waals surface area contributed by atoms with Crippen molar-refractivity contribution in [1.29, 1.82) is 0 Å². The fraction of sp³-hybridized carbons (Fsp3) is 0.408. The maximum absolute atomic E-state index is 6.54. The maximum atomic E-state index is 6.54. The molecule has 2 aromatic heterocycles. The lowest BCUT2D eigenvalue weighted by Gasteiger charge is -2.47. The fourth-order valence-corrected chi connectivity index (χ4v) is 10.7. The Morgan fingerprint density at radius 3 is 2.53 bits per heavy atom. The molecule has 0 radical (unpaired) electrons. The molecule has 4 aliphatic rings. The minimum Gasteiger partial charge on any atom is -0.397 e. The van der Waals surface area contributed by atoms with Crippen LogP contribution in [0.2, 0.25) is 5.02 Å². The first-order valence-electron chi connectivity index (χ1n) is 21.6. The van der Waals surface area contributed by atoms with Crippen LogP contribution in [0.5, 0.6) is 0 Å². The van der Waals surface area contributed by atoms with E-state index in [-0.39, 0.29) is 0 Å². The van der Waals surface area contributed by atoms with E-state index in [4.69, 9.17) is 22.3 Å². The molecule has 1 aliphatic heterocycles. The Balaban J connectivity index is 0.880. The molecule has 1 spiro atoms. The summed E-state index contributed by atoms with van der Waals surface area (Å²) in [7, 11) is 0. The van der Waals surface area contributed by atoms with Crippen molar-refractivity contribution in [2.24, 2.45) is 11.3 Å². The molecule has 3 aliphatic carbocycles. The molecule has 5 aromatic rings. The van der Waals surface area contributed by atoms with E-state index < -0.39 is 0 Å². The predicted octanol–water partition coefficient (Wildman–Crippen LogP) is 11.6. The van der Waals surface area contributed by atoms with Gasteiger partial charge in [-0.05, 0) is 152 Å². The van der Waals surface area contributed by atoms with Gasteiger partial charge in [0.2, 0.25) is 0 Å². The summed E-state index contributed by atoms with van der Waals surface area (Å²) < 4.78 is 3.57. The Labute approximate surface area is 354 Å². The number of allylic oxidation sites excluding steroid dienone is 1. The number of H-pyrrole nitrogens is 1. The highest BCUT2D eigenvalue weighted by molar-refractivity contribution is 7.97. The average molecular weight is 813 g/mol. The lowest BCUT2D eigenvalue weighted by Crippen LogP contribution is -2.47. The van der Waals surface area contributed by atoms with Gasteiger partial charge in [-0.25, -0.2) is 4.98 Å². The summed E-state index contributed by atoms with van der Waals surface area (Å²) in [6, 6.07) is 26.2. The van der Waals surface area contributed by atoms with Gasteiger partial charge in [-0.3, -0.25) is 4.90 Å². The first-order valence-corrected chi connectivity index (χ1v) is 22.8. The molecule has 3 heterocycles. The van der Waals surface area contributed by atoms with Gasteiger partial charge in [0.25, 0.3) is 0 Å². The monoisotopic (exact) mass is 811 g/mol. The summed E-state index contributed by atoms with van der Waals surface area (Å²) in [5.74, 6) is 0.747. The molecule has 5 N–H and O–H groups in total. The molecule has 0 unspecified atom stereocenters. The number of nitrogens with one attached hydrogen (secondary N) is 3. The Kier molecular flexibility index (Phi) is 11.8. The van der Waals surface area contributed by atoms with E-state index in [1.54, 1.807) is 23.1 Å². The van der Waals surface area contributed by atoms with Crippen molar-refractivity contribution in [1.82, 2.24) is 19.6 Å². The van der Waals surface area contributed by atoms with Gasteiger partial charge < -0.3 is 25.7 Å². The zero-order chi connectivity index (χ0) is 39.5. The van der Waals surface area contributed by atoms with Crippen LogP contribution in [0, 0.1) is 11.3 Å². The number of hydrogen-bond donors (Lipinski definition) is 4. The average Bonchev–Trinajstić information content (AvgIpc) is 3.71. The van der Waals surface area contributed by atoms with Gasteiger partial charge >= 0.3 is 0 Å². The number of halogens is 1. The van der Waals surface area contributed by atoms with E-state index in [1.165, 1.54) is 93.0 Å². The molecule has 9 heteroatoms. The zero-order valence-corrected chi connectivity index (χ0v) is 35.4. The SMILES string of the molecule is C=C(NSc1ccc(NCC2CCCCC2)c(N)c1)c1ccc(N2CCN(CC3=C(c4ccc(Cl)cc4)CC4(CCC4)CC3)CC2)cc1Cc1cnc2[nH]ccc2c1. The van der Waals surface area contributed by atoms with Crippen LogP contribution in [0.4, 0.5) is 17.1 Å². The molecule has 1 saturated heterocycles. The highest BCUT2D eigenvalue weighted by atomic mass is 35.5. The smallest absolute Gasteiger partial charge is 0.137 e. The van der Waals surface area contributed by atoms with Gasteiger partial charge in [-0.2, -0.15) is 0 Å². The number of anilines is 3. The highest BCUT2D eigenvalue weighted by Gasteiger charge is 2.41. The molecule has 302 valence electrons. The lowest BCUT2D eigenvalue weighted by atomic mass is 9.59. The minimum absolute atomic E-state index is 0.537. The molecule has 0 bridgehead atoms. The molecule has 2 saturated carbocycles. The van der Waals surface area contributed by atoms with Crippen molar-refractivity contribution in [3.63, 3.8) is 0 Å². The Bertz CT molecular complexity index is 2260. The normalized spacial score (nSPS) is 18.7. The summed E-state index contributed by atoms with van der Waals surface area (Å²) >= 11 is 7.88. The summed E-state index contributed by atoms with van der Waals surface area (Å²) in [6.45, 7) is 10.7. The molecule has 3 fully saturated rings. The number of nitrogens with zero attached hydrogens (tertiary/aromatic N) is 3. The number of aromatic amines is 1. The van der Waals surface area contributed by atoms with Crippen molar-refractivity contribution in [3.05, 3.63) is 125 Å². The standard InChI is InChI=1S/C49H58ClN7S/c1-34(55-58-43-13-15-47(46(51)29-43)53-31-35-6-3-2-4-7-35)44-14-12-42(28-40(44)27-36-26-38-17-21-52-48(38)54-32-36)57-24-22-56(23-25-57)33-39-16-20-49(18-5-19-49)30-45(39)37-8-10-41(50)11-9-37/h8-15,17,21,26,28-29,32,35,53,55H,1-7,16,18-20,22-25,27,30-31,33,51H2,(H,52,54). The van der Waals surface area contributed by atoms with Crippen LogP contribution in [0.3, 0.4) is 0 Å². The third kappa shape index (κ3) is 8.95. The topological polar surface area (TPSA) is 85.2 Å². The van der Waals surface area contributed by atoms with Crippen LogP contribution in [0.1, 0.15) is 92.9 Å². The number of nitrogen functional groups attached to an aromatic ring is 1. The second-order valence-corrected chi connectivity index (χ2v) is 18.8. The van der Waals surface area contributed by atoms with Crippen LogP contribution in [-0.2, 0) is 6.42 Å². The van der Waals surface area contributed by atoms with Crippen molar-refractivity contribution in [2.75, 3.05) is 55.2 Å². The van der Waals surface area contributed by atoms with E-state index in [1.807, 2.05) is 12.4 Å². The largest absolute Gasteiger partial charge is 0.397 e. The van der Waals surface area contributed by atoms with Crippen molar-refractivity contribution in [2.45, 2.75) is 81.9 Å². The van der Waals surface area contributed by atoms with Gasteiger partial charge in [0, 0.05) is 83.9 Å². The fourth-order valence-electron chi connectivity index (χ4n) is 9.93. The number of fused-ring (bicyclic) bond motifs is 1. The number of piperazine rings is 1. The van der Waals surface area contributed by atoms with Crippen LogP contribution >= 0.6 is 23.5 Å². The number of rotatable bonds is 13. The van der Waals surface area contributed by atoms with Crippen LogP contribution in [-0.4, -0.2) is 54.1 Å². The number of pyridine rings is 1. The Hall–Kier alpha value is -4.37. The van der Waals surface area contributed by atoms with E-state index >= 15 is 0 Å². The van der Waals surface area contributed by atoms with Crippen LogP contribution in [0.25, 0.3) is 22.3 Å². The second-order valence-electron chi connectivity index (χ2n) is 17.5. The molecule has 58 heavy (non-hydrogen) atoms. The van der Waals surface area contributed by atoms with E-state index in [9.17, 15) is 0 Å². The van der Waals surface area contributed by atoms with Gasteiger partial charge in [0.05, 0.1) is 11.4 Å². The molecule has 7 nitrogen and oxygen atoms in total. The zero-order valence-electron chi connectivity index (χ0n) is 33.8. The first-order chi connectivity index (χ1) is 28.4. The van der Waals surface area contributed by atoms with Crippen molar-refractivity contribution in [3.8, 4) is 0 Å². The van der Waals surface area contributed by atoms with Crippen LogP contribution in [0.15, 0.2) is 102 Å². The molecule has 0 atom stereocenters. The van der Waals surface area contributed by atoms with E-state index in [0.29, 0.717) is 5.41 Å². The molecule has 0 amide bonds. The van der Waals surface area contributed by atoms with Gasteiger partial charge in [-0.1, -0.05) is 67.6 Å². The lowest BCUT2D eigenvalue weighted by molar-refractivity contribution is 0.118. The van der Waals surface area contributed by atoms with Crippen LogP contribution < -0.4 is 20.7 Å². The second kappa shape index (κ2) is 17.5. The molecular formula is C49H58ClN7S. The highest BCUT2D eigenvalue weighted by Crippen LogP contribution is 2.55. The van der Waals surface area contributed by atoms with E-state index in [2.05, 4.69) is 104 Å². The maximum Gasteiger partial charge on any atom is 0.137 e. The first kappa shape index (κ1) is 39.1. The Morgan fingerprint density at radius 2 is 1.76 bits per heavy atom. The summed E-state index contributed by atoms with van der Waals surface area (Å²) in [6.07, 6.45) is 19.4. The van der Waals surface area contributed by atoms with Gasteiger partial charge in [0.15, 0.2) is 0 Å². The molecule has 9 rings (SSSR count). The van der Waals surface area contributed by atoms with Gasteiger partial charge in [0.1, 0.15) is 5.65 Å². The minimum atomic E-state index is 0.537.